The van der Waals surface area contributed by atoms with Crippen LogP contribution in [-0.4, -0.2) is 81.8 Å². The standard InChI is InChI=1S/C14H23N7O3S3/c1-5-16-14(26)20(4)21(6-2)27(23,24)10-12(22)18-19(3)13(25)11-9-15-7-8-17-11/h7-9H,5-6,10H2,1-4H3,(H,16,26)(H,18,22). The van der Waals surface area contributed by atoms with E-state index in [1.54, 1.807) is 6.92 Å². The van der Waals surface area contributed by atoms with Gasteiger partial charge in [0.1, 0.15) is 16.4 Å². The smallest absolute Gasteiger partial charge is 0.255 e. The van der Waals surface area contributed by atoms with Crippen molar-refractivity contribution in [1.82, 2.24) is 35.1 Å². The number of nitrogens with one attached hydrogen (secondary N) is 2. The van der Waals surface area contributed by atoms with Crippen molar-refractivity contribution >= 4 is 50.5 Å². The molecule has 0 aliphatic heterocycles. The third-order valence-corrected chi connectivity index (χ3v) is 5.90. The van der Waals surface area contributed by atoms with Crippen molar-refractivity contribution in [2.24, 2.45) is 0 Å². The molecule has 1 aromatic rings. The Morgan fingerprint density at radius 2 is 1.89 bits per heavy atom. The Morgan fingerprint density at radius 3 is 2.41 bits per heavy atom. The first-order valence-electron chi connectivity index (χ1n) is 7.99. The molecule has 0 aromatic carbocycles. The topological polar surface area (TPSA) is 111 Å². The summed E-state index contributed by atoms with van der Waals surface area (Å²) in [6.07, 6.45) is 4.39. The minimum atomic E-state index is -3.95. The number of nitrogens with zero attached hydrogens (tertiary/aromatic N) is 5. The summed E-state index contributed by atoms with van der Waals surface area (Å²) in [4.78, 5) is 20.4. The lowest BCUT2D eigenvalue weighted by atomic mass is 10.4. The predicted molar refractivity (Wildman–Crippen MR) is 110 cm³/mol. The highest BCUT2D eigenvalue weighted by atomic mass is 32.2. The maximum absolute atomic E-state index is 12.6. The second-order valence-corrected chi connectivity index (χ2v) is 7.89. The zero-order valence-corrected chi connectivity index (χ0v) is 18.0. The van der Waals surface area contributed by atoms with Gasteiger partial charge in [0.25, 0.3) is 5.91 Å². The van der Waals surface area contributed by atoms with Crippen LogP contribution in [0.2, 0.25) is 0 Å². The van der Waals surface area contributed by atoms with Crippen LogP contribution in [0.3, 0.4) is 0 Å². The van der Waals surface area contributed by atoms with Gasteiger partial charge in [-0.3, -0.25) is 30.2 Å². The molecule has 0 atom stereocenters. The van der Waals surface area contributed by atoms with Gasteiger partial charge in [-0.05, 0) is 26.1 Å². The lowest BCUT2D eigenvalue weighted by Gasteiger charge is -2.31. The molecule has 0 saturated carbocycles. The van der Waals surface area contributed by atoms with Crippen LogP contribution in [-0.2, 0) is 14.8 Å². The molecule has 1 heterocycles. The molecule has 0 radical (unpaired) electrons. The van der Waals surface area contributed by atoms with Crippen molar-refractivity contribution in [3.63, 3.8) is 0 Å². The molecule has 0 saturated heterocycles. The first-order valence-corrected chi connectivity index (χ1v) is 10.4. The highest BCUT2D eigenvalue weighted by Crippen LogP contribution is 2.06. The molecule has 0 unspecified atom stereocenters. The summed E-state index contributed by atoms with van der Waals surface area (Å²) in [5.41, 5.74) is 2.80. The van der Waals surface area contributed by atoms with Crippen LogP contribution < -0.4 is 10.7 Å². The van der Waals surface area contributed by atoms with Gasteiger partial charge in [0.05, 0.1) is 6.20 Å². The number of hydrazine groups is 2. The fourth-order valence-electron chi connectivity index (χ4n) is 2.05. The van der Waals surface area contributed by atoms with Crippen LogP contribution in [0.1, 0.15) is 19.5 Å². The Labute approximate surface area is 169 Å². The molecule has 0 spiro atoms. The lowest BCUT2D eigenvalue weighted by molar-refractivity contribution is -0.121. The molecule has 10 nitrogen and oxygen atoms in total. The molecule has 1 aromatic heterocycles. The van der Waals surface area contributed by atoms with Gasteiger partial charge in [0.15, 0.2) is 5.11 Å². The second-order valence-electron chi connectivity index (χ2n) is 5.24. The van der Waals surface area contributed by atoms with Gasteiger partial charge in [-0.2, -0.15) is 0 Å². The zero-order valence-electron chi connectivity index (χ0n) is 15.5. The Hall–Kier alpha value is -1.96. The zero-order chi connectivity index (χ0) is 20.6. The average Bonchev–Trinajstić information content (AvgIpc) is 2.61. The summed E-state index contributed by atoms with van der Waals surface area (Å²) in [5.74, 6) is -1.52. The molecule has 1 amide bonds. The number of rotatable bonds is 7. The molecule has 27 heavy (non-hydrogen) atoms. The van der Waals surface area contributed by atoms with Crippen molar-refractivity contribution in [2.45, 2.75) is 13.8 Å². The largest absolute Gasteiger partial charge is 0.362 e. The molecular weight excluding hydrogens is 410 g/mol. The van der Waals surface area contributed by atoms with Gasteiger partial charge < -0.3 is 5.32 Å². The van der Waals surface area contributed by atoms with Crippen molar-refractivity contribution in [2.75, 3.05) is 32.9 Å². The van der Waals surface area contributed by atoms with Crippen molar-refractivity contribution in [3.05, 3.63) is 24.3 Å². The summed E-state index contributed by atoms with van der Waals surface area (Å²) in [6.45, 7) is 4.15. The number of thiocarbonyl (C=S) groups is 2. The van der Waals surface area contributed by atoms with Gasteiger partial charge in [-0.1, -0.05) is 12.2 Å². The molecular formula is C14H23N7O3S3. The van der Waals surface area contributed by atoms with E-state index in [1.807, 2.05) is 6.92 Å². The van der Waals surface area contributed by atoms with Crippen molar-refractivity contribution in [1.29, 1.82) is 0 Å². The Morgan fingerprint density at radius 1 is 1.22 bits per heavy atom. The minimum absolute atomic E-state index is 0.117. The Bertz CT molecular complexity index is 773. The predicted octanol–water partition coefficient (Wildman–Crippen LogP) is -0.492. The number of carbonyl (C=O) groups is 1. The third-order valence-electron chi connectivity index (χ3n) is 3.24. The lowest BCUT2D eigenvalue weighted by Crippen LogP contribution is -2.53. The highest BCUT2D eigenvalue weighted by Gasteiger charge is 2.29. The van der Waals surface area contributed by atoms with Gasteiger partial charge in [-0.15, -0.1) is 4.41 Å². The number of aromatic nitrogens is 2. The van der Waals surface area contributed by atoms with E-state index in [0.717, 1.165) is 4.41 Å². The van der Waals surface area contributed by atoms with E-state index < -0.39 is 21.7 Å². The van der Waals surface area contributed by atoms with Gasteiger partial charge >= 0.3 is 0 Å². The van der Waals surface area contributed by atoms with Crippen LogP contribution in [0.15, 0.2) is 18.6 Å². The molecule has 0 bridgehead atoms. The van der Waals surface area contributed by atoms with Crippen LogP contribution >= 0.6 is 24.4 Å². The average molecular weight is 434 g/mol. The van der Waals surface area contributed by atoms with Crippen LogP contribution in [0, 0.1) is 0 Å². The molecule has 150 valence electrons. The van der Waals surface area contributed by atoms with Gasteiger partial charge in [0.2, 0.25) is 10.0 Å². The molecule has 1 rings (SSSR count). The second kappa shape index (κ2) is 10.4. The summed E-state index contributed by atoms with van der Waals surface area (Å²) in [5, 5.41) is 5.61. The fraction of sp³-hybridized carbons (Fsp3) is 0.500. The highest BCUT2D eigenvalue weighted by molar-refractivity contribution is 7.89. The molecule has 0 fully saturated rings. The van der Waals surface area contributed by atoms with Crippen molar-refractivity contribution in [3.8, 4) is 0 Å². The quantitative estimate of drug-likeness (QED) is 0.431. The van der Waals surface area contributed by atoms with Gasteiger partial charge in [-0.25, -0.2) is 8.42 Å². The van der Waals surface area contributed by atoms with Crippen LogP contribution in [0.5, 0.6) is 0 Å². The monoisotopic (exact) mass is 433 g/mol. The summed E-state index contributed by atoms with van der Waals surface area (Å²) in [7, 11) is -0.944. The number of hydrogen-bond acceptors (Lipinski definition) is 7. The molecule has 0 aliphatic rings. The van der Waals surface area contributed by atoms with E-state index in [2.05, 4.69) is 20.7 Å². The van der Waals surface area contributed by atoms with E-state index in [9.17, 15) is 13.2 Å². The molecule has 13 heteroatoms. The summed E-state index contributed by atoms with van der Waals surface area (Å²) >= 11 is 10.3. The maximum atomic E-state index is 12.6. The first-order chi connectivity index (χ1) is 12.6. The van der Waals surface area contributed by atoms with Crippen LogP contribution in [0.4, 0.5) is 0 Å². The Balaban J connectivity index is 2.78. The SMILES string of the molecule is CCNC(=S)N(C)N(CC)S(=O)(=O)CC(=O)NN(C)C(=S)c1cnccn1. The van der Waals surface area contributed by atoms with Gasteiger partial charge in [0, 0.05) is 39.6 Å². The van der Waals surface area contributed by atoms with Crippen molar-refractivity contribution < 1.29 is 13.2 Å². The number of hydrogen-bond donors (Lipinski definition) is 2. The third kappa shape index (κ3) is 6.61. The summed E-state index contributed by atoms with van der Waals surface area (Å²) < 4.78 is 26.2. The molecule has 2 N–H and O–H groups in total. The first kappa shape index (κ1) is 23.1. The summed E-state index contributed by atoms with van der Waals surface area (Å²) in [6, 6.07) is 0. The van der Waals surface area contributed by atoms with E-state index in [-0.39, 0.29) is 16.6 Å². The van der Waals surface area contributed by atoms with Crippen LogP contribution in [0.25, 0.3) is 0 Å². The van der Waals surface area contributed by atoms with E-state index in [4.69, 9.17) is 24.4 Å². The van der Waals surface area contributed by atoms with E-state index in [1.165, 1.54) is 42.7 Å². The number of carbonyl (C=O) groups excluding carboxylic acids is 1. The Kier molecular flexibility index (Phi) is 8.88. The van der Waals surface area contributed by atoms with E-state index >= 15 is 0 Å². The normalized spacial score (nSPS) is 11.0. The minimum Gasteiger partial charge on any atom is -0.362 e. The number of sulfonamides is 1. The number of amides is 1. The maximum Gasteiger partial charge on any atom is 0.255 e. The fourth-order valence-corrected chi connectivity index (χ4v) is 3.89. The molecule has 0 aliphatic carbocycles. The van der Waals surface area contributed by atoms with E-state index in [0.29, 0.717) is 12.2 Å².